The number of para-hydroxylation sites is 4. The van der Waals surface area contributed by atoms with E-state index >= 15 is 0 Å². The van der Waals surface area contributed by atoms with Crippen molar-refractivity contribution in [1.82, 2.24) is 0 Å². The van der Waals surface area contributed by atoms with Crippen LogP contribution in [-0.2, 0) is 0 Å². The summed E-state index contributed by atoms with van der Waals surface area (Å²) in [6.07, 6.45) is 0. The SMILES string of the molecule is O=C(O)c1ccccc1NC(=O)c1ccccc1Oc1ccccc1C(=O)Nc1ccccc1C(=O)O. The molecule has 9 heteroatoms. The third-order valence-corrected chi connectivity index (χ3v) is 5.29. The quantitative estimate of drug-likeness (QED) is 0.256. The van der Waals surface area contributed by atoms with Gasteiger partial charge in [0.25, 0.3) is 11.8 Å². The van der Waals surface area contributed by atoms with E-state index in [0.29, 0.717) is 0 Å². The van der Waals surface area contributed by atoms with Crippen LogP contribution in [0.4, 0.5) is 11.4 Å². The normalized spacial score (nSPS) is 10.3. The molecule has 9 nitrogen and oxygen atoms in total. The fourth-order valence-electron chi connectivity index (χ4n) is 3.54. The lowest BCUT2D eigenvalue weighted by molar-refractivity contribution is 0.0687. The van der Waals surface area contributed by atoms with Gasteiger partial charge in [-0.2, -0.15) is 0 Å². The van der Waals surface area contributed by atoms with Gasteiger partial charge in [-0.05, 0) is 48.5 Å². The van der Waals surface area contributed by atoms with Crippen molar-refractivity contribution < 1.29 is 34.1 Å². The Morgan fingerprint density at radius 1 is 0.486 bits per heavy atom. The number of carboxylic acids is 2. The summed E-state index contributed by atoms with van der Waals surface area (Å²) in [7, 11) is 0. The monoisotopic (exact) mass is 496 g/mol. The molecular weight excluding hydrogens is 476 g/mol. The summed E-state index contributed by atoms with van der Waals surface area (Å²) in [5, 5.41) is 23.9. The van der Waals surface area contributed by atoms with E-state index in [0.717, 1.165) is 0 Å². The Morgan fingerprint density at radius 3 is 1.19 bits per heavy atom. The van der Waals surface area contributed by atoms with Crippen molar-refractivity contribution in [2.24, 2.45) is 0 Å². The fraction of sp³-hybridized carbons (Fsp3) is 0. The van der Waals surface area contributed by atoms with Gasteiger partial charge in [-0.25, -0.2) is 9.59 Å². The highest BCUT2D eigenvalue weighted by Gasteiger charge is 2.20. The Kier molecular flexibility index (Phi) is 7.25. The smallest absolute Gasteiger partial charge is 0.337 e. The van der Waals surface area contributed by atoms with Gasteiger partial charge >= 0.3 is 11.9 Å². The summed E-state index contributed by atoms with van der Waals surface area (Å²) in [4.78, 5) is 49.1. The van der Waals surface area contributed by atoms with Crippen LogP contribution < -0.4 is 15.4 Å². The van der Waals surface area contributed by atoms with Gasteiger partial charge in [0.15, 0.2) is 0 Å². The summed E-state index contributed by atoms with van der Waals surface area (Å²) in [5.74, 6) is -3.35. The molecule has 0 bridgehead atoms. The van der Waals surface area contributed by atoms with E-state index in [-0.39, 0.29) is 45.1 Å². The summed E-state index contributed by atoms with van der Waals surface area (Å²) in [6, 6.07) is 24.6. The molecule has 37 heavy (non-hydrogen) atoms. The molecule has 0 radical (unpaired) electrons. The van der Waals surface area contributed by atoms with Gasteiger partial charge in [0, 0.05) is 0 Å². The van der Waals surface area contributed by atoms with Crippen LogP contribution >= 0.6 is 0 Å². The average molecular weight is 496 g/mol. The Hall–Kier alpha value is -5.44. The standard InChI is InChI=1S/C28H20N2O7/c31-25(29-21-13-5-1-9-17(21)27(33)34)19-11-3-7-15-23(19)37-24-16-8-4-12-20(24)26(32)30-22-14-6-2-10-18(22)28(35)36/h1-16H,(H,29,31)(H,30,32)(H,33,34)(H,35,36). The van der Waals surface area contributed by atoms with Crippen LogP contribution in [0.25, 0.3) is 0 Å². The molecule has 0 atom stereocenters. The largest absolute Gasteiger partial charge is 0.478 e. The molecule has 0 aliphatic rings. The predicted molar refractivity (Wildman–Crippen MR) is 136 cm³/mol. The number of aromatic carboxylic acids is 2. The molecule has 4 N–H and O–H groups in total. The maximum atomic E-state index is 13.0. The Labute approximate surface area is 211 Å². The lowest BCUT2D eigenvalue weighted by Gasteiger charge is -2.15. The zero-order chi connectivity index (χ0) is 26.4. The number of carbonyl (C=O) groups excluding carboxylic acids is 2. The number of anilines is 2. The summed E-state index contributed by atoms with van der Waals surface area (Å²) >= 11 is 0. The number of nitrogens with one attached hydrogen (secondary N) is 2. The molecule has 0 saturated heterocycles. The summed E-state index contributed by atoms with van der Waals surface area (Å²) in [6.45, 7) is 0. The minimum Gasteiger partial charge on any atom is -0.478 e. The molecule has 0 spiro atoms. The second kappa shape index (κ2) is 10.9. The van der Waals surface area contributed by atoms with Gasteiger partial charge in [0.1, 0.15) is 11.5 Å². The van der Waals surface area contributed by atoms with Crippen LogP contribution in [0.1, 0.15) is 41.4 Å². The van der Waals surface area contributed by atoms with E-state index in [9.17, 15) is 29.4 Å². The highest BCUT2D eigenvalue weighted by atomic mass is 16.5. The fourth-order valence-corrected chi connectivity index (χ4v) is 3.54. The molecule has 4 aromatic rings. The van der Waals surface area contributed by atoms with Gasteiger partial charge in [-0.15, -0.1) is 0 Å². The molecule has 0 aliphatic heterocycles. The minimum atomic E-state index is -1.19. The van der Waals surface area contributed by atoms with Gasteiger partial charge < -0.3 is 25.6 Å². The number of hydrogen-bond acceptors (Lipinski definition) is 5. The molecule has 0 aliphatic carbocycles. The van der Waals surface area contributed by atoms with E-state index in [1.165, 1.54) is 48.5 Å². The average Bonchev–Trinajstić information content (AvgIpc) is 2.89. The molecule has 184 valence electrons. The molecule has 0 heterocycles. The Morgan fingerprint density at radius 2 is 0.811 bits per heavy atom. The van der Waals surface area contributed by atoms with Gasteiger partial charge in [-0.1, -0.05) is 48.5 Å². The number of benzene rings is 4. The lowest BCUT2D eigenvalue weighted by atomic mass is 10.1. The molecule has 0 saturated carbocycles. The second-order valence-electron chi connectivity index (χ2n) is 7.70. The first-order chi connectivity index (χ1) is 17.8. The number of carbonyl (C=O) groups is 4. The van der Waals surface area contributed by atoms with Crippen molar-refractivity contribution in [3.8, 4) is 11.5 Å². The topological polar surface area (TPSA) is 142 Å². The first-order valence-corrected chi connectivity index (χ1v) is 11.0. The zero-order valence-corrected chi connectivity index (χ0v) is 19.2. The molecule has 0 unspecified atom stereocenters. The number of hydrogen-bond donors (Lipinski definition) is 4. The van der Waals surface area contributed by atoms with Gasteiger partial charge in [0.05, 0.1) is 33.6 Å². The molecule has 2 amide bonds. The molecular formula is C28H20N2O7. The first kappa shape index (κ1) is 24.7. The summed E-state index contributed by atoms with van der Waals surface area (Å²) in [5.41, 5.74) is 0.303. The van der Waals surface area contributed by atoms with Crippen molar-refractivity contribution >= 4 is 35.1 Å². The van der Waals surface area contributed by atoms with E-state index in [1.807, 2.05) is 0 Å². The number of carboxylic acid groups (broad SMARTS) is 2. The minimum absolute atomic E-state index is 0.0714. The maximum absolute atomic E-state index is 13.0. The molecule has 4 aromatic carbocycles. The van der Waals surface area contributed by atoms with Crippen LogP contribution in [0.2, 0.25) is 0 Å². The molecule has 0 fully saturated rings. The van der Waals surface area contributed by atoms with Gasteiger partial charge in [0.2, 0.25) is 0 Å². The number of rotatable bonds is 8. The van der Waals surface area contributed by atoms with Crippen molar-refractivity contribution in [2.75, 3.05) is 10.6 Å². The Balaban J connectivity index is 1.61. The van der Waals surface area contributed by atoms with Crippen molar-refractivity contribution in [3.05, 3.63) is 119 Å². The zero-order valence-electron chi connectivity index (χ0n) is 19.2. The van der Waals surface area contributed by atoms with Crippen molar-refractivity contribution in [1.29, 1.82) is 0 Å². The van der Waals surface area contributed by atoms with E-state index < -0.39 is 23.8 Å². The van der Waals surface area contributed by atoms with E-state index in [4.69, 9.17) is 4.74 Å². The maximum Gasteiger partial charge on any atom is 0.337 e. The van der Waals surface area contributed by atoms with Crippen LogP contribution in [0.3, 0.4) is 0 Å². The van der Waals surface area contributed by atoms with E-state index in [1.54, 1.807) is 48.5 Å². The van der Waals surface area contributed by atoms with E-state index in [2.05, 4.69) is 10.6 Å². The third-order valence-electron chi connectivity index (χ3n) is 5.29. The number of amides is 2. The highest BCUT2D eigenvalue weighted by molar-refractivity contribution is 6.10. The lowest BCUT2D eigenvalue weighted by Crippen LogP contribution is -2.17. The second-order valence-corrected chi connectivity index (χ2v) is 7.70. The summed E-state index contributed by atoms with van der Waals surface area (Å²) < 4.78 is 5.96. The molecule has 4 rings (SSSR count). The molecule has 0 aromatic heterocycles. The Bertz CT molecular complexity index is 1400. The van der Waals surface area contributed by atoms with Crippen LogP contribution in [0.5, 0.6) is 11.5 Å². The van der Waals surface area contributed by atoms with Crippen LogP contribution in [-0.4, -0.2) is 34.0 Å². The predicted octanol–water partition coefficient (Wildman–Crippen LogP) is 5.38. The van der Waals surface area contributed by atoms with Crippen molar-refractivity contribution in [2.45, 2.75) is 0 Å². The van der Waals surface area contributed by atoms with Crippen LogP contribution in [0, 0.1) is 0 Å². The van der Waals surface area contributed by atoms with Crippen LogP contribution in [0.15, 0.2) is 97.1 Å². The third kappa shape index (κ3) is 5.63. The highest BCUT2D eigenvalue weighted by Crippen LogP contribution is 2.30. The number of ether oxygens (including phenoxy) is 1. The van der Waals surface area contributed by atoms with Crippen molar-refractivity contribution in [3.63, 3.8) is 0 Å². The van der Waals surface area contributed by atoms with Gasteiger partial charge in [-0.3, -0.25) is 9.59 Å². The first-order valence-electron chi connectivity index (χ1n) is 11.0.